The van der Waals surface area contributed by atoms with Crippen LogP contribution in [-0.2, 0) is 9.59 Å². The molecule has 2 aliphatic heterocycles. The molecule has 1 saturated heterocycles. The minimum atomic E-state index is -0.631. The maximum Gasteiger partial charge on any atom is 0.313 e. The molecule has 0 saturated carbocycles. The summed E-state index contributed by atoms with van der Waals surface area (Å²) in [6.07, 6.45) is 0. The number of nitrogens with zero attached hydrogens (tertiary/aromatic N) is 2. The molecule has 4 N–H and O–H groups in total. The number of hydrogen-bond donors (Lipinski definition) is 4. The van der Waals surface area contributed by atoms with Gasteiger partial charge in [0, 0.05) is 42.6 Å². The van der Waals surface area contributed by atoms with Crippen LogP contribution in [0.5, 0.6) is 0 Å². The molecule has 0 atom stereocenters. The van der Waals surface area contributed by atoms with Crippen LogP contribution in [0.25, 0.3) is 0 Å². The molecular formula is C18H19ClN6O2. The smallest absolute Gasteiger partial charge is 0.313 e. The van der Waals surface area contributed by atoms with Gasteiger partial charge in [0.1, 0.15) is 0 Å². The first-order valence-electron chi connectivity index (χ1n) is 8.62. The molecule has 2 aromatic carbocycles. The van der Waals surface area contributed by atoms with Crippen LogP contribution in [0.4, 0.5) is 22.7 Å². The number of amides is 2. The summed E-state index contributed by atoms with van der Waals surface area (Å²) in [5.74, 6) is -1.15. The van der Waals surface area contributed by atoms with Gasteiger partial charge in [0.15, 0.2) is 0 Å². The Bertz CT molecular complexity index is 865. The first-order chi connectivity index (χ1) is 13.1. The predicted molar refractivity (Wildman–Crippen MR) is 106 cm³/mol. The quantitative estimate of drug-likeness (QED) is 0.589. The van der Waals surface area contributed by atoms with Gasteiger partial charge < -0.3 is 26.0 Å². The predicted octanol–water partition coefficient (Wildman–Crippen LogP) is 1.88. The molecule has 0 aromatic heterocycles. The van der Waals surface area contributed by atoms with Crippen LogP contribution >= 0.6 is 11.6 Å². The van der Waals surface area contributed by atoms with E-state index in [1.807, 2.05) is 30.3 Å². The summed E-state index contributed by atoms with van der Waals surface area (Å²) in [6, 6.07) is 12.9. The Morgan fingerprint density at radius 1 is 0.926 bits per heavy atom. The lowest BCUT2D eigenvalue weighted by Gasteiger charge is -2.35. The van der Waals surface area contributed by atoms with Crippen molar-refractivity contribution in [2.75, 3.05) is 47.2 Å². The number of anilines is 4. The third kappa shape index (κ3) is 3.76. The van der Waals surface area contributed by atoms with E-state index in [1.54, 1.807) is 17.0 Å². The van der Waals surface area contributed by atoms with Crippen LogP contribution in [0.1, 0.15) is 0 Å². The van der Waals surface area contributed by atoms with E-state index in [1.165, 1.54) is 0 Å². The van der Waals surface area contributed by atoms with Gasteiger partial charge >= 0.3 is 11.8 Å². The van der Waals surface area contributed by atoms with E-state index >= 15 is 0 Å². The van der Waals surface area contributed by atoms with Gasteiger partial charge in [0.2, 0.25) is 0 Å². The van der Waals surface area contributed by atoms with Gasteiger partial charge in [-0.15, -0.1) is 5.53 Å². The second-order valence-corrected chi connectivity index (χ2v) is 6.78. The minimum absolute atomic E-state index is 0.495. The summed E-state index contributed by atoms with van der Waals surface area (Å²) in [5.41, 5.74) is 11.9. The topological polar surface area (TPSA) is 88.7 Å². The Morgan fingerprint density at radius 3 is 2.37 bits per heavy atom. The van der Waals surface area contributed by atoms with Crippen molar-refractivity contribution in [3.63, 3.8) is 0 Å². The zero-order valence-electron chi connectivity index (χ0n) is 14.5. The van der Waals surface area contributed by atoms with Crippen LogP contribution < -0.4 is 26.6 Å². The number of halogens is 1. The average molecular weight is 387 g/mol. The zero-order valence-corrected chi connectivity index (χ0v) is 15.2. The second kappa shape index (κ2) is 7.34. The van der Waals surface area contributed by atoms with Crippen molar-refractivity contribution in [2.45, 2.75) is 0 Å². The monoisotopic (exact) mass is 386 g/mol. The lowest BCUT2D eigenvalue weighted by atomic mass is 10.2. The molecule has 0 radical (unpaired) electrons. The van der Waals surface area contributed by atoms with E-state index in [4.69, 9.17) is 11.6 Å². The molecule has 0 aliphatic carbocycles. The Hall–Kier alpha value is -2.97. The number of fused-ring (bicyclic) bond motifs is 1. The Balaban J connectivity index is 1.33. The maximum absolute atomic E-state index is 12.5. The summed E-state index contributed by atoms with van der Waals surface area (Å²) in [5, 5.41) is 3.36. The van der Waals surface area contributed by atoms with Crippen LogP contribution in [0.3, 0.4) is 0 Å². The van der Waals surface area contributed by atoms with Crippen molar-refractivity contribution in [3.05, 3.63) is 47.5 Å². The number of hydrazine groups is 2. The molecule has 0 unspecified atom stereocenters. The fraction of sp³-hybridized carbons (Fsp3) is 0.222. The van der Waals surface area contributed by atoms with Gasteiger partial charge in [-0.3, -0.25) is 9.59 Å². The van der Waals surface area contributed by atoms with Gasteiger partial charge in [-0.25, -0.2) is 0 Å². The molecule has 2 aromatic rings. The highest BCUT2D eigenvalue weighted by Gasteiger charge is 2.26. The van der Waals surface area contributed by atoms with Crippen LogP contribution in [-0.4, -0.2) is 42.9 Å². The normalized spacial score (nSPS) is 15.6. The van der Waals surface area contributed by atoms with Crippen LogP contribution in [0.15, 0.2) is 42.5 Å². The third-order valence-corrected chi connectivity index (χ3v) is 4.88. The first kappa shape index (κ1) is 17.4. The molecule has 9 heteroatoms. The number of carbonyl (C=O) groups excluding carboxylic acids is 2. The van der Waals surface area contributed by atoms with E-state index in [9.17, 15) is 9.59 Å². The molecule has 4 rings (SSSR count). The third-order valence-electron chi connectivity index (χ3n) is 4.62. The highest BCUT2D eigenvalue weighted by molar-refractivity contribution is 6.39. The minimum Gasteiger partial charge on any atom is -0.368 e. The Labute approximate surface area is 161 Å². The Kier molecular flexibility index (Phi) is 4.74. The van der Waals surface area contributed by atoms with Gasteiger partial charge in [0.25, 0.3) is 0 Å². The van der Waals surface area contributed by atoms with Crippen molar-refractivity contribution >= 4 is 46.2 Å². The van der Waals surface area contributed by atoms with Crippen LogP contribution in [0.2, 0.25) is 5.02 Å². The van der Waals surface area contributed by atoms with E-state index in [0.29, 0.717) is 36.9 Å². The van der Waals surface area contributed by atoms with Gasteiger partial charge in [-0.1, -0.05) is 11.6 Å². The average Bonchev–Trinajstić information content (AvgIpc) is 3.16. The van der Waals surface area contributed by atoms with Crippen molar-refractivity contribution in [1.29, 1.82) is 0 Å². The summed E-state index contributed by atoms with van der Waals surface area (Å²) < 4.78 is 0. The SMILES string of the molecule is O=C(Nc1ccc2c(c1)NNN2)C(=O)N1CCN(c2ccc(Cl)cc2)CC1. The Morgan fingerprint density at radius 2 is 1.63 bits per heavy atom. The molecular weight excluding hydrogens is 368 g/mol. The maximum atomic E-state index is 12.5. The molecule has 1 fully saturated rings. The van der Waals surface area contributed by atoms with E-state index < -0.39 is 11.8 Å². The van der Waals surface area contributed by atoms with Gasteiger partial charge in [-0.2, -0.15) is 0 Å². The number of piperazine rings is 1. The van der Waals surface area contributed by atoms with Crippen LogP contribution in [0, 0.1) is 0 Å². The number of hydrogen-bond acceptors (Lipinski definition) is 6. The molecule has 2 aliphatic rings. The summed E-state index contributed by atoms with van der Waals surface area (Å²) >= 11 is 5.92. The van der Waals surface area contributed by atoms with E-state index in [2.05, 4.69) is 26.6 Å². The first-order valence-corrected chi connectivity index (χ1v) is 9.00. The summed E-state index contributed by atoms with van der Waals surface area (Å²) in [7, 11) is 0. The summed E-state index contributed by atoms with van der Waals surface area (Å²) in [6.45, 7) is 2.32. The number of carbonyl (C=O) groups is 2. The largest absolute Gasteiger partial charge is 0.368 e. The van der Waals surface area contributed by atoms with E-state index in [0.717, 1.165) is 17.1 Å². The lowest BCUT2D eigenvalue weighted by molar-refractivity contribution is -0.143. The molecule has 140 valence electrons. The summed E-state index contributed by atoms with van der Waals surface area (Å²) in [4.78, 5) is 28.5. The van der Waals surface area contributed by atoms with Crippen molar-refractivity contribution in [3.8, 4) is 0 Å². The highest BCUT2D eigenvalue weighted by Crippen LogP contribution is 2.27. The van der Waals surface area contributed by atoms with Gasteiger partial charge in [-0.05, 0) is 42.5 Å². The molecule has 2 heterocycles. The fourth-order valence-electron chi connectivity index (χ4n) is 3.15. The standard InChI is InChI=1S/C18H19ClN6O2/c19-12-1-4-14(5-2-12)24-7-9-25(10-8-24)18(27)17(26)20-13-3-6-15-16(11-13)22-23-21-15/h1-6,11,21-23H,7-10H2,(H,20,26). The highest BCUT2D eigenvalue weighted by atomic mass is 35.5. The molecule has 8 nitrogen and oxygen atoms in total. The molecule has 2 amide bonds. The van der Waals surface area contributed by atoms with Crippen molar-refractivity contribution in [1.82, 2.24) is 10.4 Å². The zero-order chi connectivity index (χ0) is 18.8. The number of benzene rings is 2. The molecule has 0 spiro atoms. The van der Waals surface area contributed by atoms with E-state index in [-0.39, 0.29) is 0 Å². The van der Waals surface area contributed by atoms with Gasteiger partial charge in [0.05, 0.1) is 11.4 Å². The molecule has 0 bridgehead atoms. The number of nitrogens with one attached hydrogen (secondary N) is 4. The molecule has 27 heavy (non-hydrogen) atoms. The second-order valence-electron chi connectivity index (χ2n) is 6.35. The van der Waals surface area contributed by atoms with Crippen molar-refractivity contribution in [2.24, 2.45) is 0 Å². The van der Waals surface area contributed by atoms with Crippen molar-refractivity contribution < 1.29 is 9.59 Å². The number of rotatable bonds is 2. The fourth-order valence-corrected chi connectivity index (χ4v) is 3.27. The lowest BCUT2D eigenvalue weighted by Crippen LogP contribution is -2.51.